The van der Waals surface area contributed by atoms with Crippen molar-refractivity contribution in [1.82, 2.24) is 0 Å². The molecule has 0 saturated heterocycles. The van der Waals surface area contributed by atoms with E-state index in [1.807, 2.05) is 24.3 Å². The van der Waals surface area contributed by atoms with Gasteiger partial charge in [0.15, 0.2) is 0 Å². The SMILES string of the molecule is CC(C)CC(C)(c1cc(-c2ccccc2)c(OCCO)c(-c2ccccc2)c1)c1cc(-c2ccccc2)c(OCCO)c(-c2ccccc2)c1. The highest BCUT2D eigenvalue weighted by Gasteiger charge is 2.34. The normalized spacial score (nSPS) is 11.5. The summed E-state index contributed by atoms with van der Waals surface area (Å²) in [5, 5.41) is 19.7. The van der Waals surface area contributed by atoms with Crippen molar-refractivity contribution in [3.63, 3.8) is 0 Å². The second-order valence-corrected chi connectivity index (χ2v) is 13.3. The van der Waals surface area contributed by atoms with E-state index in [9.17, 15) is 10.2 Å². The Morgan fingerprint density at radius 2 is 0.760 bits per heavy atom. The van der Waals surface area contributed by atoms with Crippen LogP contribution < -0.4 is 9.47 Å². The summed E-state index contributed by atoms with van der Waals surface area (Å²) in [6.07, 6.45) is 0.881. The highest BCUT2D eigenvalue weighted by atomic mass is 16.5. The maximum absolute atomic E-state index is 9.85. The number of ether oxygens (including phenoxy) is 2. The third kappa shape index (κ3) is 7.52. The van der Waals surface area contributed by atoms with Crippen molar-refractivity contribution in [2.75, 3.05) is 26.4 Å². The molecule has 4 heteroatoms. The topological polar surface area (TPSA) is 58.9 Å². The van der Waals surface area contributed by atoms with Gasteiger partial charge in [-0.05, 0) is 70.0 Å². The lowest BCUT2D eigenvalue weighted by molar-refractivity contribution is 0.202. The molecular formula is C46H46O4. The molecule has 0 radical (unpaired) electrons. The van der Waals surface area contributed by atoms with Gasteiger partial charge < -0.3 is 19.7 Å². The fourth-order valence-electron chi connectivity index (χ4n) is 7.05. The Hall–Kier alpha value is -5.16. The van der Waals surface area contributed by atoms with Crippen molar-refractivity contribution in [2.24, 2.45) is 5.92 Å². The van der Waals surface area contributed by atoms with Crippen LogP contribution in [0.5, 0.6) is 11.5 Å². The van der Waals surface area contributed by atoms with Crippen LogP contribution in [0.1, 0.15) is 38.3 Å². The van der Waals surface area contributed by atoms with Gasteiger partial charge >= 0.3 is 0 Å². The van der Waals surface area contributed by atoms with E-state index < -0.39 is 5.41 Å². The van der Waals surface area contributed by atoms with Crippen LogP contribution >= 0.6 is 0 Å². The first-order chi connectivity index (χ1) is 24.4. The van der Waals surface area contributed by atoms with Gasteiger partial charge in [0.05, 0.1) is 13.2 Å². The van der Waals surface area contributed by atoms with E-state index in [0.717, 1.165) is 62.4 Å². The first kappa shape index (κ1) is 34.7. The Balaban J connectivity index is 1.69. The molecule has 6 rings (SSSR count). The van der Waals surface area contributed by atoms with Crippen molar-refractivity contribution in [3.05, 3.63) is 157 Å². The van der Waals surface area contributed by atoms with Gasteiger partial charge in [-0.15, -0.1) is 0 Å². The highest BCUT2D eigenvalue weighted by molar-refractivity contribution is 5.86. The fourth-order valence-corrected chi connectivity index (χ4v) is 7.05. The molecule has 0 aliphatic carbocycles. The van der Waals surface area contributed by atoms with Crippen LogP contribution in [0.25, 0.3) is 44.5 Å². The maximum atomic E-state index is 9.85. The number of rotatable bonds is 14. The van der Waals surface area contributed by atoms with Crippen LogP contribution in [-0.4, -0.2) is 36.6 Å². The van der Waals surface area contributed by atoms with Gasteiger partial charge in [0.2, 0.25) is 0 Å². The molecule has 0 fully saturated rings. The van der Waals surface area contributed by atoms with Gasteiger partial charge in [-0.1, -0.05) is 142 Å². The second kappa shape index (κ2) is 16.0. The average Bonchev–Trinajstić information content (AvgIpc) is 3.16. The van der Waals surface area contributed by atoms with E-state index in [1.165, 1.54) is 11.1 Å². The molecule has 254 valence electrons. The van der Waals surface area contributed by atoms with Gasteiger partial charge in [0.25, 0.3) is 0 Å². The van der Waals surface area contributed by atoms with Crippen LogP contribution in [0.15, 0.2) is 146 Å². The van der Waals surface area contributed by atoms with Gasteiger partial charge in [-0.25, -0.2) is 0 Å². The minimum atomic E-state index is -0.445. The minimum Gasteiger partial charge on any atom is -0.490 e. The molecule has 0 saturated carbocycles. The number of aliphatic hydroxyl groups is 2. The number of aliphatic hydroxyl groups excluding tert-OH is 2. The van der Waals surface area contributed by atoms with Gasteiger partial charge in [-0.2, -0.15) is 0 Å². The quantitative estimate of drug-likeness (QED) is 0.122. The van der Waals surface area contributed by atoms with Crippen molar-refractivity contribution in [3.8, 4) is 56.0 Å². The lowest BCUT2D eigenvalue weighted by Gasteiger charge is -2.35. The Morgan fingerprint density at radius 3 is 1.00 bits per heavy atom. The minimum absolute atomic E-state index is 0.0789. The molecular weight excluding hydrogens is 617 g/mol. The molecule has 0 unspecified atom stereocenters. The van der Waals surface area contributed by atoms with Gasteiger partial charge in [0.1, 0.15) is 24.7 Å². The highest BCUT2D eigenvalue weighted by Crippen LogP contribution is 2.49. The standard InChI is InChI=1S/C46H46O4/c1-33(2)32-46(3,38-28-40(34-16-8-4-9-17-34)44(49-26-24-47)41(29-38)35-18-10-5-11-19-35)39-30-42(36-20-12-6-13-21-36)45(50-27-25-48)43(31-39)37-22-14-7-15-23-37/h4-23,28-31,33,47-48H,24-27,32H2,1-3H3. The number of hydrogen-bond donors (Lipinski definition) is 2. The summed E-state index contributed by atoms with van der Waals surface area (Å²) in [7, 11) is 0. The Kier molecular flexibility index (Phi) is 11.1. The molecule has 0 bridgehead atoms. The number of benzene rings is 6. The van der Waals surface area contributed by atoms with Crippen LogP contribution in [0.2, 0.25) is 0 Å². The van der Waals surface area contributed by atoms with E-state index in [4.69, 9.17) is 9.47 Å². The largest absolute Gasteiger partial charge is 0.490 e. The predicted octanol–water partition coefficient (Wildman–Crippen LogP) is 10.4. The van der Waals surface area contributed by atoms with E-state index in [0.29, 0.717) is 5.92 Å². The fraction of sp³-hybridized carbons (Fsp3) is 0.217. The summed E-state index contributed by atoms with van der Waals surface area (Å²) >= 11 is 0. The van der Waals surface area contributed by atoms with Crippen LogP contribution in [0.3, 0.4) is 0 Å². The smallest absolute Gasteiger partial charge is 0.135 e. The third-order valence-electron chi connectivity index (χ3n) is 9.28. The van der Waals surface area contributed by atoms with Crippen molar-refractivity contribution in [2.45, 2.75) is 32.6 Å². The molecule has 0 aliphatic rings. The molecule has 0 heterocycles. The van der Waals surface area contributed by atoms with E-state index in [2.05, 4.69) is 142 Å². The average molecular weight is 663 g/mol. The van der Waals surface area contributed by atoms with Crippen molar-refractivity contribution < 1.29 is 19.7 Å². The van der Waals surface area contributed by atoms with Crippen molar-refractivity contribution in [1.29, 1.82) is 0 Å². The summed E-state index contributed by atoms with van der Waals surface area (Å²) in [4.78, 5) is 0. The molecule has 50 heavy (non-hydrogen) atoms. The zero-order valence-corrected chi connectivity index (χ0v) is 29.2. The summed E-state index contributed by atoms with van der Waals surface area (Å²) in [6.45, 7) is 7.14. The van der Waals surface area contributed by atoms with E-state index >= 15 is 0 Å². The van der Waals surface area contributed by atoms with E-state index in [1.54, 1.807) is 0 Å². The lowest BCUT2D eigenvalue weighted by Crippen LogP contribution is -2.26. The molecule has 0 aliphatic heterocycles. The Morgan fingerprint density at radius 1 is 0.480 bits per heavy atom. The molecule has 0 atom stereocenters. The summed E-state index contributed by atoms with van der Waals surface area (Å²) < 4.78 is 12.8. The molecule has 6 aromatic carbocycles. The molecule has 0 aromatic heterocycles. The monoisotopic (exact) mass is 662 g/mol. The maximum Gasteiger partial charge on any atom is 0.135 e. The zero-order chi connectivity index (χ0) is 34.9. The zero-order valence-electron chi connectivity index (χ0n) is 29.2. The van der Waals surface area contributed by atoms with Crippen LogP contribution in [-0.2, 0) is 5.41 Å². The Labute approximate surface area is 296 Å². The predicted molar refractivity (Wildman–Crippen MR) is 206 cm³/mol. The Bertz CT molecular complexity index is 1710. The first-order valence-electron chi connectivity index (χ1n) is 17.5. The molecule has 4 nitrogen and oxygen atoms in total. The van der Waals surface area contributed by atoms with Crippen LogP contribution in [0.4, 0.5) is 0 Å². The lowest BCUT2D eigenvalue weighted by atomic mass is 9.69. The van der Waals surface area contributed by atoms with Gasteiger partial charge in [-0.3, -0.25) is 0 Å². The molecule has 0 amide bonds. The van der Waals surface area contributed by atoms with Crippen molar-refractivity contribution >= 4 is 0 Å². The second-order valence-electron chi connectivity index (χ2n) is 13.3. The third-order valence-corrected chi connectivity index (χ3v) is 9.28. The first-order valence-corrected chi connectivity index (χ1v) is 17.5. The molecule has 2 N–H and O–H groups in total. The summed E-state index contributed by atoms with van der Waals surface area (Å²) in [6, 6.07) is 50.6. The van der Waals surface area contributed by atoms with Gasteiger partial charge in [0, 0.05) is 27.7 Å². The van der Waals surface area contributed by atoms with Crippen LogP contribution in [0, 0.1) is 5.92 Å². The number of hydrogen-bond acceptors (Lipinski definition) is 4. The summed E-state index contributed by atoms with van der Waals surface area (Å²) in [5.74, 6) is 1.89. The summed E-state index contributed by atoms with van der Waals surface area (Å²) in [5.41, 5.74) is 10.0. The molecule has 0 spiro atoms. The van der Waals surface area contributed by atoms with E-state index in [-0.39, 0.29) is 26.4 Å². The molecule has 6 aromatic rings.